The van der Waals surface area contributed by atoms with Crippen LogP contribution in [0.4, 0.5) is 5.69 Å². The van der Waals surface area contributed by atoms with Gasteiger partial charge in [-0.1, -0.05) is 0 Å². The average Bonchev–Trinajstić information content (AvgIpc) is 2.38. The summed E-state index contributed by atoms with van der Waals surface area (Å²) in [7, 11) is 0. The molecular formula is C13H15NO4. The molecule has 0 saturated carbocycles. The fourth-order valence-electron chi connectivity index (χ4n) is 1.98. The zero-order valence-corrected chi connectivity index (χ0v) is 10.4. The molecule has 1 aromatic rings. The largest absolute Gasteiger partial charge is 0.490 e. The number of fused-ring (bicyclic) bond motifs is 1. The van der Waals surface area contributed by atoms with E-state index in [1.165, 1.54) is 0 Å². The molecular weight excluding hydrogens is 234 g/mol. The van der Waals surface area contributed by atoms with Crippen molar-refractivity contribution in [2.75, 3.05) is 24.7 Å². The van der Waals surface area contributed by atoms with E-state index in [0.29, 0.717) is 35.9 Å². The van der Waals surface area contributed by atoms with Gasteiger partial charge in [0.2, 0.25) is 0 Å². The second-order valence-corrected chi connectivity index (χ2v) is 3.84. The molecule has 1 aliphatic rings. The van der Waals surface area contributed by atoms with Gasteiger partial charge in [0.25, 0.3) is 5.91 Å². The lowest BCUT2D eigenvalue weighted by molar-refractivity contribution is -0.121. The molecule has 0 spiro atoms. The summed E-state index contributed by atoms with van der Waals surface area (Å²) in [6.45, 7) is 4.73. The predicted octanol–water partition coefficient (Wildman–Crippen LogP) is 1.64. The Morgan fingerprint density at radius 1 is 1.44 bits per heavy atom. The summed E-state index contributed by atoms with van der Waals surface area (Å²) in [6, 6.07) is 3.27. The lowest BCUT2D eigenvalue weighted by atomic mass is 10.1. The first-order chi connectivity index (χ1) is 8.71. The number of anilines is 1. The number of carbonyl (C=O) groups is 2. The van der Waals surface area contributed by atoms with Gasteiger partial charge in [-0.2, -0.15) is 0 Å². The van der Waals surface area contributed by atoms with Crippen molar-refractivity contribution in [3.8, 4) is 11.5 Å². The molecule has 0 radical (unpaired) electrons. The minimum absolute atomic E-state index is 0.00134. The van der Waals surface area contributed by atoms with Crippen molar-refractivity contribution >= 4 is 17.9 Å². The summed E-state index contributed by atoms with van der Waals surface area (Å²) in [5.74, 6) is 0.919. The van der Waals surface area contributed by atoms with Crippen LogP contribution in [0.5, 0.6) is 11.5 Å². The fraction of sp³-hybridized carbons (Fsp3) is 0.385. The lowest BCUT2D eigenvalue weighted by Gasteiger charge is -2.29. The number of amides is 1. The maximum atomic E-state index is 11.7. The molecule has 0 N–H and O–H groups in total. The molecule has 1 amide bonds. The first kappa shape index (κ1) is 12.4. The van der Waals surface area contributed by atoms with Crippen LogP contribution in [0, 0.1) is 0 Å². The van der Waals surface area contributed by atoms with E-state index in [-0.39, 0.29) is 12.5 Å². The number of benzene rings is 1. The average molecular weight is 249 g/mol. The second kappa shape index (κ2) is 5.08. The molecule has 0 unspecified atom stereocenters. The number of aldehydes is 1. The summed E-state index contributed by atoms with van der Waals surface area (Å²) >= 11 is 0. The van der Waals surface area contributed by atoms with Crippen LogP contribution in [0.2, 0.25) is 0 Å². The van der Waals surface area contributed by atoms with Gasteiger partial charge in [-0.3, -0.25) is 9.59 Å². The molecule has 0 saturated heterocycles. The zero-order valence-electron chi connectivity index (χ0n) is 10.4. The Hall–Kier alpha value is -2.04. The summed E-state index contributed by atoms with van der Waals surface area (Å²) < 4.78 is 10.9. The Bertz CT molecular complexity index is 484. The van der Waals surface area contributed by atoms with Gasteiger partial charge in [-0.15, -0.1) is 0 Å². The van der Waals surface area contributed by atoms with Crippen molar-refractivity contribution in [2.45, 2.75) is 13.8 Å². The third kappa shape index (κ3) is 2.03. The number of hydrogen-bond acceptors (Lipinski definition) is 4. The molecule has 0 atom stereocenters. The van der Waals surface area contributed by atoms with Crippen LogP contribution in [0.3, 0.4) is 0 Å². The molecule has 5 heteroatoms. The van der Waals surface area contributed by atoms with Gasteiger partial charge in [0.15, 0.2) is 18.1 Å². The topological polar surface area (TPSA) is 55.8 Å². The third-order valence-corrected chi connectivity index (χ3v) is 2.74. The Morgan fingerprint density at radius 3 is 2.83 bits per heavy atom. The molecule has 1 aromatic carbocycles. The summed E-state index contributed by atoms with van der Waals surface area (Å²) in [5, 5.41) is 0. The molecule has 0 aliphatic carbocycles. The first-order valence-corrected chi connectivity index (χ1v) is 5.90. The molecule has 0 aromatic heterocycles. The molecule has 5 nitrogen and oxygen atoms in total. The van der Waals surface area contributed by atoms with Crippen LogP contribution < -0.4 is 14.4 Å². The van der Waals surface area contributed by atoms with Gasteiger partial charge in [-0.25, -0.2) is 0 Å². The Morgan fingerprint density at radius 2 is 2.22 bits per heavy atom. The van der Waals surface area contributed by atoms with Crippen LogP contribution >= 0.6 is 0 Å². The Balaban J connectivity index is 2.56. The highest BCUT2D eigenvalue weighted by molar-refractivity contribution is 5.99. The van der Waals surface area contributed by atoms with Crippen molar-refractivity contribution in [1.29, 1.82) is 0 Å². The van der Waals surface area contributed by atoms with Crippen LogP contribution in [-0.2, 0) is 4.79 Å². The molecule has 96 valence electrons. The van der Waals surface area contributed by atoms with Crippen molar-refractivity contribution in [1.82, 2.24) is 0 Å². The number of nitrogens with zero attached hydrogens (tertiary/aromatic N) is 1. The smallest absolute Gasteiger partial charge is 0.265 e. The predicted molar refractivity (Wildman–Crippen MR) is 66.5 cm³/mol. The van der Waals surface area contributed by atoms with Gasteiger partial charge in [0.05, 0.1) is 12.3 Å². The summed E-state index contributed by atoms with van der Waals surface area (Å²) in [6.07, 6.45) is 0.732. The van der Waals surface area contributed by atoms with E-state index in [9.17, 15) is 9.59 Å². The zero-order chi connectivity index (χ0) is 13.1. The number of rotatable bonds is 4. The van der Waals surface area contributed by atoms with Gasteiger partial charge < -0.3 is 14.4 Å². The van der Waals surface area contributed by atoms with E-state index in [2.05, 4.69) is 0 Å². The molecule has 2 rings (SSSR count). The maximum Gasteiger partial charge on any atom is 0.265 e. The van der Waals surface area contributed by atoms with Crippen molar-refractivity contribution < 1.29 is 19.1 Å². The van der Waals surface area contributed by atoms with Gasteiger partial charge in [0, 0.05) is 12.1 Å². The number of ether oxygens (including phenoxy) is 2. The molecule has 0 fully saturated rings. The van der Waals surface area contributed by atoms with Crippen LogP contribution in [0.15, 0.2) is 12.1 Å². The van der Waals surface area contributed by atoms with Crippen LogP contribution in [0.25, 0.3) is 0 Å². The molecule has 1 aliphatic heterocycles. The highest BCUT2D eigenvalue weighted by atomic mass is 16.5. The SMILES string of the molecule is CCOc1cc(C=O)cc2c1OCC(=O)N2CC. The van der Waals surface area contributed by atoms with E-state index >= 15 is 0 Å². The number of carbonyl (C=O) groups excluding carboxylic acids is 2. The van der Waals surface area contributed by atoms with Crippen molar-refractivity contribution in [2.24, 2.45) is 0 Å². The highest BCUT2D eigenvalue weighted by Gasteiger charge is 2.27. The van der Waals surface area contributed by atoms with E-state index < -0.39 is 0 Å². The van der Waals surface area contributed by atoms with E-state index in [4.69, 9.17) is 9.47 Å². The van der Waals surface area contributed by atoms with Crippen molar-refractivity contribution in [3.05, 3.63) is 17.7 Å². The second-order valence-electron chi connectivity index (χ2n) is 3.84. The highest BCUT2D eigenvalue weighted by Crippen LogP contribution is 2.41. The van der Waals surface area contributed by atoms with E-state index in [0.717, 1.165) is 6.29 Å². The van der Waals surface area contributed by atoms with Gasteiger partial charge >= 0.3 is 0 Å². The number of likely N-dealkylation sites (N-methyl/N-ethyl adjacent to an activating group) is 1. The quantitative estimate of drug-likeness (QED) is 0.761. The summed E-state index contributed by atoms with van der Waals surface area (Å²) in [4.78, 5) is 24.2. The monoisotopic (exact) mass is 249 g/mol. The van der Waals surface area contributed by atoms with E-state index in [1.807, 2.05) is 13.8 Å². The first-order valence-electron chi connectivity index (χ1n) is 5.90. The molecule has 18 heavy (non-hydrogen) atoms. The molecule has 1 heterocycles. The number of hydrogen-bond donors (Lipinski definition) is 0. The van der Waals surface area contributed by atoms with Gasteiger partial charge in [-0.05, 0) is 26.0 Å². The molecule has 0 bridgehead atoms. The standard InChI is InChI=1S/C13H15NO4/c1-3-14-10-5-9(7-15)6-11(17-4-2)13(10)18-8-12(14)16/h5-7H,3-4,8H2,1-2H3. The van der Waals surface area contributed by atoms with Crippen LogP contribution in [-0.4, -0.2) is 32.0 Å². The minimum atomic E-state index is -0.115. The van der Waals surface area contributed by atoms with E-state index in [1.54, 1.807) is 17.0 Å². The minimum Gasteiger partial charge on any atom is -0.490 e. The van der Waals surface area contributed by atoms with Crippen LogP contribution in [0.1, 0.15) is 24.2 Å². The Labute approximate surface area is 105 Å². The normalized spacial score (nSPS) is 13.9. The third-order valence-electron chi connectivity index (χ3n) is 2.74. The summed E-state index contributed by atoms with van der Waals surface area (Å²) in [5.41, 5.74) is 1.07. The Kier molecular flexibility index (Phi) is 3.50. The fourth-order valence-corrected chi connectivity index (χ4v) is 1.98. The van der Waals surface area contributed by atoms with Crippen molar-refractivity contribution in [3.63, 3.8) is 0 Å². The van der Waals surface area contributed by atoms with Gasteiger partial charge in [0.1, 0.15) is 6.29 Å². The lowest BCUT2D eigenvalue weighted by Crippen LogP contribution is -2.38. The maximum absolute atomic E-state index is 11.7.